The molecule has 4 nitrogen and oxygen atoms in total. The second-order valence-corrected chi connectivity index (χ2v) is 3.13. The molecule has 0 atom stereocenters. The first-order chi connectivity index (χ1) is 6.79. The topological polar surface area (TPSA) is 51.6 Å². The molecule has 0 radical (unpaired) electrons. The van der Waals surface area contributed by atoms with Gasteiger partial charge in [-0.05, 0) is 25.0 Å². The van der Waals surface area contributed by atoms with E-state index in [0.717, 1.165) is 22.4 Å². The lowest BCUT2D eigenvalue weighted by Crippen LogP contribution is -1.95. The van der Waals surface area contributed by atoms with E-state index in [1.807, 2.05) is 13.8 Å². The minimum Gasteiger partial charge on any atom is -0.244 e. The average Bonchev–Trinajstić information content (AvgIpc) is 2.23. The molecule has 0 aliphatic rings. The fourth-order valence-electron chi connectivity index (χ4n) is 1.23. The van der Waals surface area contributed by atoms with Gasteiger partial charge in [-0.2, -0.15) is 10.2 Å². The van der Waals surface area contributed by atoms with Crippen LogP contribution in [-0.2, 0) is 0 Å². The van der Waals surface area contributed by atoms with E-state index in [1.165, 1.54) is 6.33 Å². The Labute approximate surface area is 82.1 Å². The molecule has 14 heavy (non-hydrogen) atoms. The minimum absolute atomic E-state index is 0.852. The Bertz CT molecular complexity index is 439. The summed E-state index contributed by atoms with van der Waals surface area (Å²) in [4.78, 5) is 7.91. The highest BCUT2D eigenvalue weighted by Crippen LogP contribution is 2.19. The molecule has 0 saturated carbocycles. The summed E-state index contributed by atoms with van der Waals surface area (Å²) in [6.07, 6.45) is 6.73. The van der Waals surface area contributed by atoms with Crippen LogP contribution in [0.3, 0.4) is 0 Å². The van der Waals surface area contributed by atoms with E-state index < -0.39 is 0 Å². The normalized spacial score (nSPS) is 10.1. The molecule has 0 saturated heterocycles. The fraction of sp³-hybridized carbons (Fsp3) is 0.200. The summed E-state index contributed by atoms with van der Waals surface area (Å²) in [6, 6.07) is 0. The molecule has 70 valence electrons. The zero-order valence-corrected chi connectivity index (χ0v) is 8.10. The van der Waals surface area contributed by atoms with E-state index in [2.05, 4.69) is 20.2 Å². The van der Waals surface area contributed by atoms with Gasteiger partial charge >= 0.3 is 0 Å². The molecule has 0 aliphatic heterocycles. The molecule has 0 aromatic carbocycles. The lowest BCUT2D eigenvalue weighted by Gasteiger charge is -2.04. The van der Waals surface area contributed by atoms with Crippen molar-refractivity contribution in [1.82, 2.24) is 20.2 Å². The molecular weight excluding hydrogens is 176 g/mol. The summed E-state index contributed by atoms with van der Waals surface area (Å²) < 4.78 is 0. The summed E-state index contributed by atoms with van der Waals surface area (Å²) in [5, 5.41) is 8.00. The summed E-state index contributed by atoms with van der Waals surface area (Å²) in [7, 11) is 0. The van der Waals surface area contributed by atoms with Crippen LogP contribution >= 0.6 is 0 Å². The maximum absolute atomic E-state index is 4.08. The second-order valence-electron chi connectivity index (χ2n) is 3.13. The Hall–Kier alpha value is -1.84. The van der Waals surface area contributed by atoms with Crippen molar-refractivity contribution in [2.75, 3.05) is 0 Å². The van der Waals surface area contributed by atoms with Gasteiger partial charge in [-0.3, -0.25) is 0 Å². The van der Waals surface area contributed by atoms with E-state index in [-0.39, 0.29) is 0 Å². The van der Waals surface area contributed by atoms with Gasteiger partial charge in [0, 0.05) is 18.0 Å². The van der Waals surface area contributed by atoms with Crippen LogP contribution in [0, 0.1) is 13.8 Å². The number of hydrogen-bond donors (Lipinski definition) is 0. The first-order valence-corrected chi connectivity index (χ1v) is 4.33. The molecule has 0 N–H and O–H groups in total. The van der Waals surface area contributed by atoms with Gasteiger partial charge < -0.3 is 0 Å². The summed E-state index contributed by atoms with van der Waals surface area (Å²) in [5.41, 5.74) is 4.00. The number of hydrogen-bond acceptors (Lipinski definition) is 4. The van der Waals surface area contributed by atoms with Gasteiger partial charge in [0.25, 0.3) is 0 Å². The molecule has 0 aliphatic carbocycles. The Morgan fingerprint density at radius 1 is 1.00 bits per heavy atom. The summed E-state index contributed by atoms with van der Waals surface area (Å²) >= 11 is 0. The van der Waals surface area contributed by atoms with Crippen LogP contribution in [0.4, 0.5) is 0 Å². The average molecular weight is 186 g/mol. The first-order valence-electron chi connectivity index (χ1n) is 4.33. The van der Waals surface area contributed by atoms with Gasteiger partial charge in [0.05, 0.1) is 11.9 Å². The van der Waals surface area contributed by atoms with E-state index in [4.69, 9.17) is 0 Å². The summed E-state index contributed by atoms with van der Waals surface area (Å²) in [5.74, 6) is 0. The van der Waals surface area contributed by atoms with Gasteiger partial charge in [0.2, 0.25) is 0 Å². The summed E-state index contributed by atoms with van der Waals surface area (Å²) in [6.45, 7) is 4.03. The zero-order chi connectivity index (χ0) is 9.97. The van der Waals surface area contributed by atoms with Crippen LogP contribution < -0.4 is 0 Å². The van der Waals surface area contributed by atoms with E-state index >= 15 is 0 Å². The lowest BCUT2D eigenvalue weighted by molar-refractivity contribution is 0.997. The molecule has 2 aromatic heterocycles. The standard InChI is InChI=1S/C10H10N4/c1-7-3-13-14-10(8(7)2)9-4-11-6-12-5-9/h3-6H,1-2H3. The van der Waals surface area contributed by atoms with Crippen molar-refractivity contribution in [2.24, 2.45) is 0 Å². The van der Waals surface area contributed by atoms with Crippen LogP contribution in [0.25, 0.3) is 11.3 Å². The highest BCUT2D eigenvalue weighted by Gasteiger charge is 2.05. The molecule has 0 amide bonds. The second kappa shape index (κ2) is 3.49. The third kappa shape index (κ3) is 1.46. The number of aryl methyl sites for hydroxylation is 1. The quantitative estimate of drug-likeness (QED) is 0.678. The molecular formula is C10H10N4. The number of aromatic nitrogens is 4. The molecule has 2 aromatic rings. The maximum atomic E-state index is 4.08. The fourth-order valence-corrected chi connectivity index (χ4v) is 1.23. The predicted molar refractivity (Wildman–Crippen MR) is 52.5 cm³/mol. The highest BCUT2D eigenvalue weighted by atomic mass is 15.1. The SMILES string of the molecule is Cc1cnnc(-c2cncnc2)c1C. The van der Waals surface area contributed by atoms with Crippen molar-refractivity contribution in [3.05, 3.63) is 36.0 Å². The van der Waals surface area contributed by atoms with E-state index in [9.17, 15) is 0 Å². The molecule has 0 fully saturated rings. The third-order valence-corrected chi connectivity index (χ3v) is 2.19. The molecule has 0 unspecified atom stereocenters. The minimum atomic E-state index is 0.852. The monoisotopic (exact) mass is 186 g/mol. The molecule has 0 bridgehead atoms. The zero-order valence-electron chi connectivity index (χ0n) is 8.10. The van der Waals surface area contributed by atoms with Crippen LogP contribution in [0.2, 0.25) is 0 Å². The largest absolute Gasteiger partial charge is 0.244 e. The smallest absolute Gasteiger partial charge is 0.115 e. The highest BCUT2D eigenvalue weighted by molar-refractivity contribution is 5.61. The Morgan fingerprint density at radius 3 is 2.43 bits per heavy atom. The van der Waals surface area contributed by atoms with Crippen LogP contribution in [0.1, 0.15) is 11.1 Å². The van der Waals surface area contributed by atoms with E-state index in [1.54, 1.807) is 18.6 Å². The number of rotatable bonds is 1. The van der Waals surface area contributed by atoms with Crippen molar-refractivity contribution >= 4 is 0 Å². The van der Waals surface area contributed by atoms with Gasteiger partial charge in [0.1, 0.15) is 6.33 Å². The Kier molecular flexibility index (Phi) is 2.18. The van der Waals surface area contributed by atoms with Gasteiger partial charge in [-0.1, -0.05) is 0 Å². The molecule has 4 heteroatoms. The predicted octanol–water partition coefficient (Wildman–Crippen LogP) is 1.55. The van der Waals surface area contributed by atoms with Crippen LogP contribution in [-0.4, -0.2) is 20.2 Å². The van der Waals surface area contributed by atoms with Gasteiger partial charge in [-0.15, -0.1) is 0 Å². The van der Waals surface area contributed by atoms with Crippen molar-refractivity contribution in [3.63, 3.8) is 0 Å². The van der Waals surface area contributed by atoms with Crippen LogP contribution in [0.15, 0.2) is 24.9 Å². The Morgan fingerprint density at radius 2 is 1.71 bits per heavy atom. The van der Waals surface area contributed by atoms with Crippen LogP contribution in [0.5, 0.6) is 0 Å². The van der Waals surface area contributed by atoms with Crippen molar-refractivity contribution in [3.8, 4) is 11.3 Å². The molecule has 2 heterocycles. The maximum Gasteiger partial charge on any atom is 0.115 e. The first kappa shape index (κ1) is 8.74. The Balaban J connectivity index is 2.58. The van der Waals surface area contributed by atoms with Crippen molar-refractivity contribution in [2.45, 2.75) is 13.8 Å². The van der Waals surface area contributed by atoms with Gasteiger partial charge in [0.15, 0.2) is 0 Å². The van der Waals surface area contributed by atoms with E-state index in [0.29, 0.717) is 0 Å². The third-order valence-electron chi connectivity index (χ3n) is 2.19. The molecule has 0 spiro atoms. The number of nitrogens with zero attached hydrogens (tertiary/aromatic N) is 4. The van der Waals surface area contributed by atoms with Crippen molar-refractivity contribution < 1.29 is 0 Å². The lowest BCUT2D eigenvalue weighted by atomic mass is 10.1. The van der Waals surface area contributed by atoms with Crippen molar-refractivity contribution in [1.29, 1.82) is 0 Å². The van der Waals surface area contributed by atoms with Gasteiger partial charge in [-0.25, -0.2) is 9.97 Å². The molecule has 2 rings (SSSR count).